The fraction of sp³-hybridized carbons (Fsp3) is 0.562. The van der Waals surface area contributed by atoms with Crippen molar-refractivity contribution in [2.45, 2.75) is 58.0 Å². The molecule has 1 aliphatic rings. The van der Waals surface area contributed by atoms with Crippen LogP contribution >= 0.6 is 0 Å². The molecule has 1 aliphatic carbocycles. The van der Waals surface area contributed by atoms with Crippen LogP contribution in [0.2, 0.25) is 0 Å². The van der Waals surface area contributed by atoms with Crippen molar-refractivity contribution in [3.8, 4) is 0 Å². The fourth-order valence-electron chi connectivity index (χ4n) is 3.38. The number of rotatable bonds is 5. The molecule has 9 heteroatoms. The number of H-pyrrole nitrogens is 2. The summed E-state index contributed by atoms with van der Waals surface area (Å²) >= 11 is 0. The molecule has 1 unspecified atom stereocenters. The predicted molar refractivity (Wildman–Crippen MR) is 90.2 cm³/mol. The van der Waals surface area contributed by atoms with Crippen molar-refractivity contribution in [1.82, 2.24) is 30.0 Å². The quantitative estimate of drug-likeness (QED) is 0.727. The van der Waals surface area contributed by atoms with Gasteiger partial charge >= 0.3 is 5.69 Å². The molecule has 1 fully saturated rings. The molecule has 0 spiro atoms. The number of hydrogen-bond acceptors (Lipinski definition) is 5. The zero-order valence-corrected chi connectivity index (χ0v) is 14.3. The van der Waals surface area contributed by atoms with Crippen LogP contribution in [0.1, 0.15) is 61.8 Å². The second kappa shape index (κ2) is 7.04. The zero-order chi connectivity index (χ0) is 18.0. The smallest absolute Gasteiger partial charge is 0.325 e. The number of hydrogen-bond donors (Lipinski definition) is 3. The average Bonchev–Trinajstić information content (AvgIpc) is 3.20. The number of aromatic amines is 2. The molecule has 25 heavy (non-hydrogen) atoms. The van der Waals surface area contributed by atoms with E-state index in [1.54, 1.807) is 13.3 Å². The van der Waals surface area contributed by atoms with Crippen LogP contribution in [0.5, 0.6) is 0 Å². The molecule has 2 aromatic rings. The number of carbonyl (C=O) groups excluding carboxylic acids is 1. The van der Waals surface area contributed by atoms with Gasteiger partial charge in [0.25, 0.3) is 5.56 Å². The molecule has 134 valence electrons. The van der Waals surface area contributed by atoms with E-state index in [1.807, 2.05) is 11.5 Å². The van der Waals surface area contributed by atoms with Crippen molar-refractivity contribution in [1.29, 1.82) is 0 Å². The van der Waals surface area contributed by atoms with E-state index in [-0.39, 0.29) is 23.9 Å². The molecular weight excluding hydrogens is 324 g/mol. The third-order valence-electron chi connectivity index (χ3n) is 4.68. The molecule has 0 saturated heterocycles. The minimum atomic E-state index is -0.579. The Balaban J connectivity index is 1.71. The normalized spacial score (nSPS) is 16.1. The Labute approximate surface area is 143 Å². The Morgan fingerprint density at radius 1 is 1.36 bits per heavy atom. The second-order valence-electron chi connectivity index (χ2n) is 6.51. The van der Waals surface area contributed by atoms with Crippen LogP contribution in [0.4, 0.5) is 0 Å². The summed E-state index contributed by atoms with van der Waals surface area (Å²) in [4.78, 5) is 40.0. The van der Waals surface area contributed by atoms with E-state index < -0.39 is 11.2 Å². The zero-order valence-electron chi connectivity index (χ0n) is 14.3. The molecular formula is C16H22N6O3. The maximum absolute atomic E-state index is 12.3. The maximum Gasteiger partial charge on any atom is 0.325 e. The average molecular weight is 346 g/mol. The molecule has 3 N–H and O–H groups in total. The fourth-order valence-corrected chi connectivity index (χ4v) is 3.38. The summed E-state index contributed by atoms with van der Waals surface area (Å²) in [7, 11) is 0. The highest BCUT2D eigenvalue weighted by Crippen LogP contribution is 2.31. The summed E-state index contributed by atoms with van der Waals surface area (Å²) in [5.74, 6) is 0.404. The van der Waals surface area contributed by atoms with Gasteiger partial charge in [0.2, 0.25) is 5.91 Å². The Morgan fingerprint density at radius 2 is 2.08 bits per heavy atom. The van der Waals surface area contributed by atoms with E-state index >= 15 is 0 Å². The van der Waals surface area contributed by atoms with Gasteiger partial charge in [-0.05, 0) is 26.7 Å². The highest BCUT2D eigenvalue weighted by molar-refractivity contribution is 5.79. The van der Waals surface area contributed by atoms with E-state index in [0.717, 1.165) is 12.8 Å². The van der Waals surface area contributed by atoms with Crippen molar-refractivity contribution in [3.63, 3.8) is 0 Å². The van der Waals surface area contributed by atoms with Crippen molar-refractivity contribution in [2.24, 2.45) is 0 Å². The van der Waals surface area contributed by atoms with Crippen LogP contribution in [0.15, 0.2) is 15.9 Å². The number of carbonyl (C=O) groups is 1. The SMILES string of the molecule is Cc1[nH]c(=O)[nH]c(=O)c1CC(=O)NC(C)c1nncn1C1CCCC1. The minimum Gasteiger partial charge on any atom is -0.346 e. The molecule has 1 amide bonds. The molecule has 0 aromatic carbocycles. The molecule has 0 bridgehead atoms. The summed E-state index contributed by atoms with van der Waals surface area (Å²) in [5, 5.41) is 11.0. The number of amides is 1. The Kier molecular flexibility index (Phi) is 4.82. The first-order chi connectivity index (χ1) is 12.0. The van der Waals surface area contributed by atoms with Gasteiger partial charge in [0, 0.05) is 17.3 Å². The van der Waals surface area contributed by atoms with E-state index in [4.69, 9.17) is 0 Å². The van der Waals surface area contributed by atoms with Gasteiger partial charge in [0.05, 0.1) is 12.5 Å². The van der Waals surface area contributed by atoms with Gasteiger partial charge in [0.1, 0.15) is 6.33 Å². The van der Waals surface area contributed by atoms with Crippen molar-refractivity contribution in [2.75, 3.05) is 0 Å². The third kappa shape index (κ3) is 3.70. The van der Waals surface area contributed by atoms with Gasteiger partial charge < -0.3 is 14.9 Å². The van der Waals surface area contributed by atoms with E-state index in [9.17, 15) is 14.4 Å². The lowest BCUT2D eigenvalue weighted by Gasteiger charge is -2.18. The molecule has 0 aliphatic heterocycles. The number of nitrogens with zero attached hydrogens (tertiary/aromatic N) is 3. The minimum absolute atomic E-state index is 0.111. The molecule has 1 atom stereocenters. The van der Waals surface area contributed by atoms with E-state index in [0.29, 0.717) is 17.6 Å². The van der Waals surface area contributed by atoms with E-state index in [2.05, 4.69) is 25.5 Å². The van der Waals surface area contributed by atoms with Crippen LogP contribution in [-0.2, 0) is 11.2 Å². The molecule has 9 nitrogen and oxygen atoms in total. The summed E-state index contributed by atoms with van der Waals surface area (Å²) in [6.07, 6.45) is 6.18. The van der Waals surface area contributed by atoms with E-state index in [1.165, 1.54) is 12.8 Å². The summed E-state index contributed by atoms with van der Waals surface area (Å²) in [6.45, 7) is 3.44. The monoisotopic (exact) mass is 346 g/mol. The third-order valence-corrected chi connectivity index (χ3v) is 4.68. The molecule has 2 heterocycles. The van der Waals surface area contributed by atoms with Crippen molar-refractivity contribution in [3.05, 3.63) is 44.2 Å². The van der Waals surface area contributed by atoms with Gasteiger partial charge in [-0.2, -0.15) is 0 Å². The van der Waals surface area contributed by atoms with Crippen LogP contribution in [0.3, 0.4) is 0 Å². The lowest BCUT2D eigenvalue weighted by Crippen LogP contribution is -2.34. The maximum atomic E-state index is 12.3. The molecule has 1 saturated carbocycles. The highest BCUT2D eigenvalue weighted by Gasteiger charge is 2.23. The van der Waals surface area contributed by atoms with Crippen molar-refractivity contribution < 1.29 is 4.79 Å². The van der Waals surface area contributed by atoms with Crippen LogP contribution in [0, 0.1) is 6.92 Å². The van der Waals surface area contributed by atoms with Gasteiger partial charge in [-0.1, -0.05) is 12.8 Å². The van der Waals surface area contributed by atoms with Crippen LogP contribution in [0.25, 0.3) is 0 Å². The molecule has 2 aromatic heterocycles. The van der Waals surface area contributed by atoms with Gasteiger partial charge in [-0.15, -0.1) is 10.2 Å². The first-order valence-electron chi connectivity index (χ1n) is 8.46. The molecule has 0 radical (unpaired) electrons. The Morgan fingerprint density at radius 3 is 2.76 bits per heavy atom. The number of aryl methyl sites for hydroxylation is 1. The first-order valence-corrected chi connectivity index (χ1v) is 8.46. The van der Waals surface area contributed by atoms with Crippen LogP contribution < -0.4 is 16.6 Å². The van der Waals surface area contributed by atoms with Gasteiger partial charge in [0.15, 0.2) is 5.82 Å². The van der Waals surface area contributed by atoms with Crippen molar-refractivity contribution >= 4 is 5.91 Å². The molecule has 3 rings (SSSR count). The van der Waals surface area contributed by atoms with Gasteiger partial charge in [-0.25, -0.2) is 4.79 Å². The summed E-state index contributed by atoms with van der Waals surface area (Å²) in [6, 6.07) is 0.0615. The lowest BCUT2D eigenvalue weighted by atomic mass is 10.1. The number of aromatic nitrogens is 5. The Hall–Kier alpha value is -2.71. The van der Waals surface area contributed by atoms with Crippen LogP contribution in [-0.4, -0.2) is 30.6 Å². The lowest BCUT2D eigenvalue weighted by molar-refractivity contribution is -0.121. The highest BCUT2D eigenvalue weighted by atomic mass is 16.2. The van der Waals surface area contributed by atoms with Gasteiger partial charge in [-0.3, -0.25) is 14.6 Å². The second-order valence-corrected chi connectivity index (χ2v) is 6.51. The Bertz CT molecular complexity index is 874. The predicted octanol–water partition coefficient (Wildman–Crippen LogP) is 0.498. The number of nitrogens with one attached hydrogen (secondary N) is 3. The topological polar surface area (TPSA) is 126 Å². The summed E-state index contributed by atoms with van der Waals surface area (Å²) < 4.78 is 2.04. The standard InChI is InChI=1S/C16H22N6O3/c1-9-12(15(24)20-16(25)19-9)7-13(23)18-10(2)14-21-17-8-22(14)11-5-3-4-6-11/h8,10-11H,3-7H2,1-2H3,(H,18,23)(H2,19,20,24,25). The first kappa shape index (κ1) is 17.1. The summed E-state index contributed by atoms with van der Waals surface area (Å²) in [5.41, 5.74) is -0.477. The largest absolute Gasteiger partial charge is 0.346 e.